The minimum absolute atomic E-state index is 0.643. The summed E-state index contributed by atoms with van der Waals surface area (Å²) in [6.45, 7) is 7.33. The van der Waals surface area contributed by atoms with Gasteiger partial charge in [-0.2, -0.15) is 11.8 Å². The Morgan fingerprint density at radius 3 is 2.67 bits per heavy atom. The van der Waals surface area contributed by atoms with Crippen molar-refractivity contribution in [3.05, 3.63) is 23.0 Å². The van der Waals surface area contributed by atoms with Crippen LogP contribution in [0.1, 0.15) is 28.7 Å². The molecule has 0 saturated heterocycles. The molecule has 0 aliphatic carbocycles. The van der Waals surface area contributed by atoms with Gasteiger partial charge in [0, 0.05) is 23.5 Å². The lowest BCUT2D eigenvalue weighted by atomic mass is 10.2. The van der Waals surface area contributed by atoms with Crippen LogP contribution in [0.25, 0.3) is 0 Å². The molecule has 84 valence electrons. The van der Waals surface area contributed by atoms with Crippen LogP contribution in [0.5, 0.6) is 0 Å². The number of thioether (sulfide) groups is 1. The summed E-state index contributed by atoms with van der Waals surface area (Å²) in [5.41, 5.74) is 3.10. The maximum atomic E-state index is 10.8. The molecule has 0 aromatic carbocycles. The molecule has 0 fully saturated rings. The van der Waals surface area contributed by atoms with Gasteiger partial charge >= 0.3 is 0 Å². The average molecular weight is 225 g/mol. The lowest BCUT2D eigenvalue weighted by Crippen LogP contribution is -2.12. The van der Waals surface area contributed by atoms with Gasteiger partial charge < -0.3 is 4.57 Å². The molecule has 15 heavy (non-hydrogen) atoms. The smallest absolute Gasteiger partial charge is 0.151 e. The third-order valence-electron chi connectivity index (χ3n) is 2.69. The Morgan fingerprint density at radius 1 is 1.53 bits per heavy atom. The van der Waals surface area contributed by atoms with Crippen LogP contribution in [0.3, 0.4) is 0 Å². The lowest BCUT2D eigenvalue weighted by Gasteiger charge is -2.14. The fourth-order valence-corrected chi connectivity index (χ4v) is 2.55. The van der Waals surface area contributed by atoms with E-state index >= 15 is 0 Å². The van der Waals surface area contributed by atoms with Crippen molar-refractivity contribution in [1.82, 2.24) is 4.57 Å². The van der Waals surface area contributed by atoms with Gasteiger partial charge in [-0.05, 0) is 37.8 Å². The zero-order valence-corrected chi connectivity index (χ0v) is 10.7. The highest BCUT2D eigenvalue weighted by Crippen LogP contribution is 2.16. The van der Waals surface area contributed by atoms with Crippen LogP contribution >= 0.6 is 11.8 Å². The van der Waals surface area contributed by atoms with E-state index in [0.717, 1.165) is 29.8 Å². The average Bonchev–Trinajstić information content (AvgIpc) is 2.45. The molecule has 0 aliphatic rings. The number of hydrogen-bond acceptors (Lipinski definition) is 2. The molecule has 0 radical (unpaired) electrons. The molecule has 1 rings (SSSR count). The fourth-order valence-electron chi connectivity index (χ4n) is 1.88. The number of nitrogens with zero attached hydrogens (tertiary/aromatic N) is 1. The highest BCUT2D eigenvalue weighted by Gasteiger charge is 2.10. The Kier molecular flexibility index (Phi) is 4.45. The van der Waals surface area contributed by atoms with Crippen molar-refractivity contribution in [2.45, 2.75) is 27.3 Å². The first-order chi connectivity index (χ1) is 7.10. The second kappa shape index (κ2) is 5.40. The number of aromatic nitrogens is 1. The summed E-state index contributed by atoms with van der Waals surface area (Å²) in [5.74, 6) is 1.80. The first-order valence-electron chi connectivity index (χ1n) is 5.21. The Balaban J connectivity index is 2.84. The normalized spacial score (nSPS) is 12.8. The number of carbonyl (C=O) groups is 1. The van der Waals surface area contributed by atoms with Crippen molar-refractivity contribution in [1.29, 1.82) is 0 Å². The van der Waals surface area contributed by atoms with Gasteiger partial charge in [0.15, 0.2) is 6.29 Å². The topological polar surface area (TPSA) is 22.0 Å². The Bertz CT molecular complexity index is 344. The Morgan fingerprint density at radius 2 is 2.20 bits per heavy atom. The molecule has 1 aromatic heterocycles. The summed E-state index contributed by atoms with van der Waals surface area (Å²) in [6.07, 6.45) is 3.07. The molecule has 1 aromatic rings. The molecule has 2 nitrogen and oxygen atoms in total. The van der Waals surface area contributed by atoms with Gasteiger partial charge in [0.25, 0.3) is 0 Å². The SMILES string of the molecule is CSCC(C)Cn1c(C)cc(C=O)c1C. The van der Waals surface area contributed by atoms with Gasteiger partial charge in [-0.25, -0.2) is 0 Å². The van der Waals surface area contributed by atoms with Crippen molar-refractivity contribution < 1.29 is 4.79 Å². The van der Waals surface area contributed by atoms with Crippen LogP contribution in [0.4, 0.5) is 0 Å². The quantitative estimate of drug-likeness (QED) is 0.719. The van der Waals surface area contributed by atoms with Gasteiger partial charge in [-0.1, -0.05) is 6.92 Å². The summed E-state index contributed by atoms with van der Waals surface area (Å²) in [7, 11) is 0. The Labute approximate surface area is 96.1 Å². The second-order valence-corrected chi connectivity index (χ2v) is 5.03. The van der Waals surface area contributed by atoms with Gasteiger partial charge in [0.1, 0.15) is 0 Å². The number of hydrogen-bond donors (Lipinski definition) is 0. The first kappa shape index (κ1) is 12.4. The van der Waals surface area contributed by atoms with Crippen molar-refractivity contribution in [2.75, 3.05) is 12.0 Å². The Hall–Kier alpha value is -0.700. The molecule has 0 spiro atoms. The van der Waals surface area contributed by atoms with E-state index in [0.29, 0.717) is 5.92 Å². The van der Waals surface area contributed by atoms with E-state index in [1.54, 1.807) is 0 Å². The van der Waals surface area contributed by atoms with E-state index in [1.165, 1.54) is 5.69 Å². The number of aryl methyl sites for hydroxylation is 1. The third-order valence-corrected chi connectivity index (χ3v) is 3.59. The van der Waals surface area contributed by atoms with E-state index < -0.39 is 0 Å². The van der Waals surface area contributed by atoms with Crippen LogP contribution in [0, 0.1) is 19.8 Å². The molecular formula is C12H19NOS. The summed E-state index contributed by atoms with van der Waals surface area (Å²) >= 11 is 1.87. The van der Waals surface area contributed by atoms with Crippen LogP contribution < -0.4 is 0 Å². The van der Waals surface area contributed by atoms with Crippen molar-refractivity contribution in [3.8, 4) is 0 Å². The first-order valence-corrected chi connectivity index (χ1v) is 6.60. The molecule has 1 atom stereocenters. The third kappa shape index (κ3) is 2.88. The summed E-state index contributed by atoms with van der Waals surface area (Å²) < 4.78 is 2.24. The molecule has 0 saturated carbocycles. The second-order valence-electron chi connectivity index (χ2n) is 4.12. The van der Waals surface area contributed by atoms with E-state index in [-0.39, 0.29) is 0 Å². The predicted molar refractivity (Wildman–Crippen MR) is 66.8 cm³/mol. The summed E-state index contributed by atoms with van der Waals surface area (Å²) in [6, 6.07) is 1.97. The summed E-state index contributed by atoms with van der Waals surface area (Å²) in [5, 5.41) is 0. The minimum atomic E-state index is 0.643. The maximum absolute atomic E-state index is 10.8. The van der Waals surface area contributed by atoms with Crippen LogP contribution in [0.2, 0.25) is 0 Å². The van der Waals surface area contributed by atoms with Crippen molar-refractivity contribution >= 4 is 18.0 Å². The van der Waals surface area contributed by atoms with Gasteiger partial charge in [-0.15, -0.1) is 0 Å². The number of aldehydes is 1. The molecule has 0 amide bonds. The van der Waals surface area contributed by atoms with Crippen LogP contribution in [0.15, 0.2) is 6.07 Å². The molecule has 0 aliphatic heterocycles. The lowest BCUT2D eigenvalue weighted by molar-refractivity contribution is 0.112. The van der Waals surface area contributed by atoms with E-state index in [2.05, 4.69) is 24.7 Å². The van der Waals surface area contributed by atoms with Crippen molar-refractivity contribution in [2.24, 2.45) is 5.92 Å². The van der Waals surface area contributed by atoms with E-state index in [1.807, 2.05) is 24.8 Å². The van der Waals surface area contributed by atoms with Crippen LogP contribution in [-0.4, -0.2) is 22.9 Å². The maximum Gasteiger partial charge on any atom is 0.151 e. The molecule has 0 bridgehead atoms. The molecule has 0 N–H and O–H groups in total. The predicted octanol–water partition coefficient (Wildman–Crippen LogP) is 2.92. The zero-order valence-electron chi connectivity index (χ0n) is 9.91. The van der Waals surface area contributed by atoms with Crippen LogP contribution in [-0.2, 0) is 6.54 Å². The van der Waals surface area contributed by atoms with Gasteiger partial charge in [0.05, 0.1) is 0 Å². The largest absolute Gasteiger partial charge is 0.348 e. The highest BCUT2D eigenvalue weighted by molar-refractivity contribution is 7.98. The van der Waals surface area contributed by atoms with Crippen molar-refractivity contribution in [3.63, 3.8) is 0 Å². The van der Waals surface area contributed by atoms with Gasteiger partial charge in [0.2, 0.25) is 0 Å². The summed E-state index contributed by atoms with van der Waals surface area (Å²) in [4.78, 5) is 10.8. The van der Waals surface area contributed by atoms with E-state index in [4.69, 9.17) is 0 Å². The zero-order chi connectivity index (χ0) is 11.4. The van der Waals surface area contributed by atoms with E-state index in [9.17, 15) is 4.79 Å². The number of carbonyl (C=O) groups excluding carboxylic acids is 1. The molecule has 3 heteroatoms. The monoisotopic (exact) mass is 225 g/mol. The number of rotatable bonds is 5. The standard InChI is InChI=1S/C12H19NOS/c1-9(8-15-4)6-13-10(2)5-12(7-14)11(13)3/h5,7,9H,6,8H2,1-4H3. The highest BCUT2D eigenvalue weighted by atomic mass is 32.2. The fraction of sp³-hybridized carbons (Fsp3) is 0.583. The van der Waals surface area contributed by atoms with Gasteiger partial charge in [-0.3, -0.25) is 4.79 Å². The molecular weight excluding hydrogens is 206 g/mol. The molecule has 1 unspecified atom stereocenters. The molecule has 1 heterocycles. The minimum Gasteiger partial charge on any atom is -0.348 e.